The lowest BCUT2D eigenvalue weighted by Crippen LogP contribution is -2.27. The summed E-state index contributed by atoms with van der Waals surface area (Å²) < 4.78 is 12.3. The molecule has 26 heavy (non-hydrogen) atoms. The second-order valence-electron chi connectivity index (χ2n) is 5.40. The number of aromatic nitrogens is 2. The third-order valence-corrected chi connectivity index (χ3v) is 3.64. The van der Waals surface area contributed by atoms with Crippen LogP contribution in [-0.2, 0) is 6.54 Å². The maximum absolute atomic E-state index is 10.0. The molecule has 0 unspecified atom stereocenters. The minimum atomic E-state index is -0.0822. The topological polar surface area (TPSA) is 117 Å². The highest BCUT2D eigenvalue weighted by Gasteiger charge is 2.12. The number of ether oxygens (including phenoxy) is 2. The number of nitrogens with zero attached hydrogens (tertiary/aromatic N) is 4. The Kier molecular flexibility index (Phi) is 6.68. The maximum atomic E-state index is 10.0. The third-order valence-electron chi connectivity index (χ3n) is 3.64. The smallest absolute Gasteiger partial charge is 0.209 e. The summed E-state index contributed by atoms with van der Waals surface area (Å²) in [5.41, 5.74) is 1.59. The second-order valence-corrected chi connectivity index (χ2v) is 5.40. The molecule has 9 heteroatoms. The molecular weight excluding hydrogens is 336 g/mol. The van der Waals surface area contributed by atoms with Crippen LogP contribution in [0, 0.1) is 18.4 Å². The molecule has 0 radical (unpaired) electrons. The molecule has 0 aliphatic heterocycles. The van der Waals surface area contributed by atoms with Gasteiger partial charge in [-0.3, -0.25) is 10.3 Å². The van der Waals surface area contributed by atoms with E-state index in [0.717, 1.165) is 18.7 Å². The molecule has 2 aromatic rings. The Morgan fingerprint density at radius 1 is 1.38 bits per heavy atom. The van der Waals surface area contributed by atoms with Gasteiger partial charge in [-0.25, -0.2) is 4.98 Å². The summed E-state index contributed by atoms with van der Waals surface area (Å²) >= 11 is 0. The number of nitrogens with one attached hydrogen (secondary N) is 2. The van der Waals surface area contributed by atoms with Crippen molar-refractivity contribution in [2.45, 2.75) is 19.9 Å². The summed E-state index contributed by atoms with van der Waals surface area (Å²) in [5, 5.41) is 24.4. The van der Waals surface area contributed by atoms with Crippen molar-refractivity contribution in [1.82, 2.24) is 14.9 Å². The zero-order valence-electron chi connectivity index (χ0n) is 15.0. The zero-order chi connectivity index (χ0) is 18.9. The average Bonchev–Trinajstić information content (AvgIpc) is 3.03. The van der Waals surface area contributed by atoms with Crippen LogP contribution in [0.3, 0.4) is 0 Å². The molecule has 0 spiro atoms. The van der Waals surface area contributed by atoms with E-state index in [1.165, 1.54) is 20.3 Å². The van der Waals surface area contributed by atoms with E-state index in [1.54, 1.807) is 18.6 Å². The summed E-state index contributed by atoms with van der Waals surface area (Å²) in [4.78, 5) is 8.42. The van der Waals surface area contributed by atoms with E-state index < -0.39 is 0 Å². The van der Waals surface area contributed by atoms with Crippen LogP contribution >= 0.6 is 0 Å². The Balaban J connectivity index is 2.04. The van der Waals surface area contributed by atoms with Gasteiger partial charge in [-0.15, -0.1) is 0 Å². The number of anilines is 1. The maximum Gasteiger partial charge on any atom is 0.209 e. The molecule has 0 amide bonds. The number of hydrogen-bond donors (Lipinski definition) is 3. The van der Waals surface area contributed by atoms with Crippen LogP contribution in [-0.4, -0.2) is 41.4 Å². The summed E-state index contributed by atoms with van der Waals surface area (Å²) in [6.07, 6.45) is 6.20. The van der Waals surface area contributed by atoms with Gasteiger partial charge in [0.2, 0.25) is 11.7 Å². The van der Waals surface area contributed by atoms with Crippen LogP contribution in [0.5, 0.6) is 17.2 Å². The highest BCUT2D eigenvalue weighted by atomic mass is 16.5. The van der Waals surface area contributed by atoms with E-state index >= 15 is 0 Å². The van der Waals surface area contributed by atoms with Crippen molar-refractivity contribution in [2.75, 3.05) is 26.1 Å². The fraction of sp³-hybridized carbons (Fsp3) is 0.353. The predicted octanol–water partition coefficient (Wildman–Crippen LogP) is 1.84. The van der Waals surface area contributed by atoms with Gasteiger partial charge < -0.3 is 24.5 Å². The van der Waals surface area contributed by atoms with Crippen molar-refractivity contribution in [2.24, 2.45) is 4.99 Å². The van der Waals surface area contributed by atoms with E-state index in [9.17, 15) is 5.11 Å². The number of rotatable bonds is 7. The SMILES string of the molecule is COc1cc(NC(=NCCCn2cncc2C)NC#N)cc(O)c1OC. The highest BCUT2D eigenvalue weighted by Crippen LogP contribution is 2.39. The standard InChI is InChI=1S/C17H22N6O3/c1-12-9-19-11-23(12)6-4-5-20-17(21-10-18)22-13-7-14(24)16(26-3)15(8-13)25-2/h7-9,11,24H,4-6H2,1-3H3,(H2,20,21,22). The van der Waals surface area contributed by atoms with Crippen molar-refractivity contribution < 1.29 is 14.6 Å². The molecule has 0 aliphatic carbocycles. The van der Waals surface area contributed by atoms with Crippen LogP contribution in [0.15, 0.2) is 29.6 Å². The molecule has 9 nitrogen and oxygen atoms in total. The molecule has 0 bridgehead atoms. The number of phenols is 1. The number of hydrogen-bond acceptors (Lipinski definition) is 6. The van der Waals surface area contributed by atoms with E-state index in [4.69, 9.17) is 14.7 Å². The van der Waals surface area contributed by atoms with Crippen LogP contribution in [0.1, 0.15) is 12.1 Å². The van der Waals surface area contributed by atoms with E-state index in [1.807, 2.05) is 17.7 Å². The van der Waals surface area contributed by atoms with E-state index in [0.29, 0.717) is 18.0 Å². The van der Waals surface area contributed by atoms with Crippen molar-refractivity contribution in [3.63, 3.8) is 0 Å². The lowest BCUT2D eigenvalue weighted by Gasteiger charge is -2.13. The number of phenolic OH excluding ortho intramolecular Hbond substituents is 1. The number of aryl methyl sites for hydroxylation is 2. The van der Waals surface area contributed by atoms with Gasteiger partial charge in [0.15, 0.2) is 17.7 Å². The van der Waals surface area contributed by atoms with Crippen molar-refractivity contribution in [3.05, 3.63) is 30.4 Å². The van der Waals surface area contributed by atoms with Crippen molar-refractivity contribution in [1.29, 1.82) is 5.26 Å². The van der Waals surface area contributed by atoms with Crippen LogP contribution < -0.4 is 20.1 Å². The first-order chi connectivity index (χ1) is 12.6. The molecule has 0 saturated carbocycles. The van der Waals surface area contributed by atoms with Crippen LogP contribution in [0.2, 0.25) is 0 Å². The zero-order valence-corrected chi connectivity index (χ0v) is 15.0. The van der Waals surface area contributed by atoms with Gasteiger partial charge in [-0.2, -0.15) is 5.26 Å². The predicted molar refractivity (Wildman–Crippen MR) is 97.5 cm³/mol. The Hall–Kier alpha value is -3.41. The minimum absolute atomic E-state index is 0.0822. The number of nitriles is 1. The Morgan fingerprint density at radius 2 is 2.19 bits per heavy atom. The molecule has 0 fully saturated rings. The molecule has 1 aromatic heterocycles. The van der Waals surface area contributed by atoms with Gasteiger partial charge in [0.25, 0.3) is 0 Å². The first-order valence-electron chi connectivity index (χ1n) is 7.97. The van der Waals surface area contributed by atoms with Crippen LogP contribution in [0.4, 0.5) is 5.69 Å². The number of imidazole rings is 1. The fourth-order valence-corrected chi connectivity index (χ4v) is 2.37. The van der Waals surface area contributed by atoms with E-state index in [-0.39, 0.29) is 17.5 Å². The normalized spacial score (nSPS) is 10.9. The van der Waals surface area contributed by atoms with Gasteiger partial charge in [0, 0.05) is 42.8 Å². The molecule has 2 rings (SSSR count). The van der Waals surface area contributed by atoms with Crippen molar-refractivity contribution in [3.8, 4) is 23.4 Å². The second kappa shape index (κ2) is 9.17. The third kappa shape index (κ3) is 4.80. The largest absolute Gasteiger partial charge is 0.504 e. The van der Waals surface area contributed by atoms with Crippen LogP contribution in [0.25, 0.3) is 0 Å². The lowest BCUT2D eigenvalue weighted by atomic mass is 10.2. The quantitative estimate of drug-likeness (QED) is 0.227. The first kappa shape index (κ1) is 18.9. The van der Waals surface area contributed by atoms with Gasteiger partial charge in [-0.05, 0) is 13.3 Å². The van der Waals surface area contributed by atoms with Crippen molar-refractivity contribution >= 4 is 11.6 Å². The summed E-state index contributed by atoms with van der Waals surface area (Å²) in [6, 6.07) is 3.10. The Bertz CT molecular complexity index is 809. The summed E-state index contributed by atoms with van der Waals surface area (Å²) in [6.45, 7) is 3.28. The minimum Gasteiger partial charge on any atom is -0.504 e. The molecular formula is C17H22N6O3. The number of benzene rings is 1. The molecule has 1 aromatic carbocycles. The molecule has 0 atom stereocenters. The monoisotopic (exact) mass is 358 g/mol. The Morgan fingerprint density at radius 3 is 2.81 bits per heavy atom. The Labute approximate surface area is 151 Å². The van der Waals surface area contributed by atoms with E-state index in [2.05, 4.69) is 20.6 Å². The number of guanidine groups is 1. The van der Waals surface area contributed by atoms with Gasteiger partial charge in [-0.1, -0.05) is 0 Å². The lowest BCUT2D eigenvalue weighted by molar-refractivity contribution is 0.333. The highest BCUT2D eigenvalue weighted by molar-refractivity contribution is 5.95. The molecule has 138 valence electrons. The molecule has 3 N–H and O–H groups in total. The fourth-order valence-electron chi connectivity index (χ4n) is 2.37. The molecule has 1 heterocycles. The average molecular weight is 358 g/mol. The summed E-state index contributed by atoms with van der Waals surface area (Å²) in [7, 11) is 2.92. The van der Waals surface area contributed by atoms with Gasteiger partial charge in [0.05, 0.1) is 20.5 Å². The number of methoxy groups -OCH3 is 2. The van der Waals surface area contributed by atoms with Gasteiger partial charge in [0.1, 0.15) is 0 Å². The number of aliphatic imine (C=N–C) groups is 1. The molecule has 0 saturated heterocycles. The molecule has 0 aliphatic rings. The number of aromatic hydroxyl groups is 1. The summed E-state index contributed by atoms with van der Waals surface area (Å²) in [5.74, 6) is 0.796. The first-order valence-corrected chi connectivity index (χ1v) is 7.97. The van der Waals surface area contributed by atoms with Gasteiger partial charge >= 0.3 is 0 Å².